The second-order valence-electron chi connectivity index (χ2n) is 9.66. The topological polar surface area (TPSA) is 71.7 Å². The van der Waals surface area contributed by atoms with Gasteiger partial charge in [-0.3, -0.25) is 4.79 Å². The van der Waals surface area contributed by atoms with Crippen molar-refractivity contribution >= 4 is 10.8 Å². The summed E-state index contributed by atoms with van der Waals surface area (Å²) in [7, 11) is 0. The van der Waals surface area contributed by atoms with Crippen LogP contribution in [0.1, 0.15) is 43.3 Å². The van der Waals surface area contributed by atoms with Crippen molar-refractivity contribution in [2.24, 2.45) is 11.3 Å². The molecule has 3 aliphatic rings. The first-order valence-electron chi connectivity index (χ1n) is 11.4. The predicted octanol–water partition coefficient (Wildman–Crippen LogP) is 4.35. The molecule has 3 atom stereocenters. The lowest BCUT2D eigenvalue weighted by Crippen LogP contribution is -2.40. The van der Waals surface area contributed by atoms with Crippen LogP contribution in [-0.4, -0.2) is 34.6 Å². The van der Waals surface area contributed by atoms with Gasteiger partial charge in [0, 0.05) is 48.5 Å². The molecule has 2 heterocycles. The van der Waals surface area contributed by atoms with Crippen molar-refractivity contribution in [3.05, 3.63) is 64.3 Å². The molecule has 5 nitrogen and oxygen atoms in total. The maximum Gasteiger partial charge on any atom is 0.259 e. The highest BCUT2D eigenvalue weighted by Gasteiger charge is 2.67. The Hall–Kier alpha value is -2.70. The smallest absolute Gasteiger partial charge is 0.259 e. The standard InChI is InChI=1S/C26H26FNO4/c27-17-3-1-15(2-4-17)23-19-6-5-18(30)11-20(19)25(31)28(22-13-26(14-29)12-21(22)26)24(23)16-7-9-32-10-8-16/h1-6,11,16,21-22,29-30H,7-10,12-14H2/t21?,22-,26+/m1/s1. The highest BCUT2D eigenvalue weighted by Crippen LogP contribution is 2.72. The van der Waals surface area contributed by atoms with E-state index in [0.717, 1.165) is 47.9 Å². The number of aliphatic hydroxyl groups is 1. The first kappa shape index (κ1) is 19.9. The molecule has 1 aliphatic heterocycles. The number of phenolic OH excluding ortho intramolecular Hbond substituents is 1. The van der Waals surface area contributed by atoms with Crippen LogP contribution in [0.2, 0.25) is 0 Å². The van der Waals surface area contributed by atoms with Gasteiger partial charge in [0.1, 0.15) is 11.6 Å². The van der Waals surface area contributed by atoms with E-state index in [1.165, 1.54) is 12.1 Å². The van der Waals surface area contributed by atoms with Crippen LogP contribution in [-0.2, 0) is 4.74 Å². The second-order valence-corrected chi connectivity index (χ2v) is 9.66. The number of hydrogen-bond acceptors (Lipinski definition) is 4. The quantitative estimate of drug-likeness (QED) is 0.639. The second kappa shape index (κ2) is 7.15. The molecule has 2 aliphatic carbocycles. The number of benzene rings is 2. The molecule has 0 radical (unpaired) electrons. The highest BCUT2D eigenvalue weighted by atomic mass is 19.1. The highest BCUT2D eigenvalue weighted by molar-refractivity contribution is 5.98. The summed E-state index contributed by atoms with van der Waals surface area (Å²) in [4.78, 5) is 13.9. The van der Waals surface area contributed by atoms with Gasteiger partial charge in [0.05, 0.1) is 5.39 Å². The minimum absolute atomic E-state index is 0.0269. The number of hydrogen-bond donors (Lipinski definition) is 2. The van der Waals surface area contributed by atoms with Crippen molar-refractivity contribution in [2.45, 2.75) is 37.6 Å². The summed E-state index contributed by atoms with van der Waals surface area (Å²) in [6.45, 7) is 1.45. The van der Waals surface area contributed by atoms with Gasteiger partial charge in [0.2, 0.25) is 0 Å². The van der Waals surface area contributed by atoms with Crippen LogP contribution in [0.3, 0.4) is 0 Å². The van der Waals surface area contributed by atoms with Crippen molar-refractivity contribution in [3.8, 4) is 16.9 Å². The summed E-state index contributed by atoms with van der Waals surface area (Å²) < 4.78 is 21.3. The van der Waals surface area contributed by atoms with E-state index in [1.807, 2.05) is 4.57 Å². The Morgan fingerprint density at radius 2 is 1.81 bits per heavy atom. The summed E-state index contributed by atoms with van der Waals surface area (Å²) in [5.74, 6) is 0.202. The molecule has 0 bridgehead atoms. The summed E-state index contributed by atoms with van der Waals surface area (Å²) in [6, 6.07) is 11.4. The lowest BCUT2D eigenvalue weighted by atomic mass is 9.78. The molecule has 3 aromatic rings. The van der Waals surface area contributed by atoms with Gasteiger partial charge in [-0.15, -0.1) is 0 Å². The monoisotopic (exact) mass is 435 g/mol. The van der Waals surface area contributed by atoms with E-state index in [0.29, 0.717) is 24.5 Å². The van der Waals surface area contributed by atoms with Gasteiger partial charge in [-0.2, -0.15) is 0 Å². The number of pyridine rings is 1. The first-order valence-corrected chi connectivity index (χ1v) is 11.4. The summed E-state index contributed by atoms with van der Waals surface area (Å²) in [5.41, 5.74) is 2.67. The average Bonchev–Trinajstić information content (AvgIpc) is 3.40. The van der Waals surface area contributed by atoms with Gasteiger partial charge in [-0.05, 0) is 72.9 Å². The Morgan fingerprint density at radius 3 is 2.47 bits per heavy atom. The predicted molar refractivity (Wildman–Crippen MR) is 119 cm³/mol. The fourth-order valence-electron chi connectivity index (χ4n) is 6.12. The van der Waals surface area contributed by atoms with E-state index >= 15 is 0 Å². The summed E-state index contributed by atoms with van der Waals surface area (Å²) in [5, 5.41) is 21.2. The molecule has 1 unspecified atom stereocenters. The van der Waals surface area contributed by atoms with Crippen LogP contribution in [0.4, 0.5) is 4.39 Å². The molecule has 1 saturated heterocycles. The van der Waals surface area contributed by atoms with E-state index in [1.54, 1.807) is 30.3 Å². The molecule has 2 aromatic carbocycles. The molecule has 0 amide bonds. The molecule has 1 aromatic heterocycles. The van der Waals surface area contributed by atoms with Crippen LogP contribution >= 0.6 is 0 Å². The third-order valence-electron chi connectivity index (χ3n) is 7.96. The van der Waals surface area contributed by atoms with E-state index in [2.05, 4.69) is 0 Å². The maximum absolute atomic E-state index is 13.9. The fraction of sp³-hybridized carbons (Fsp3) is 0.423. The molecular formula is C26H26FNO4. The van der Waals surface area contributed by atoms with Crippen LogP contribution in [0, 0.1) is 17.2 Å². The Morgan fingerprint density at radius 1 is 1.06 bits per heavy atom. The van der Waals surface area contributed by atoms with Crippen molar-refractivity contribution in [2.75, 3.05) is 19.8 Å². The van der Waals surface area contributed by atoms with Crippen molar-refractivity contribution in [1.82, 2.24) is 4.57 Å². The Kier molecular flexibility index (Phi) is 4.46. The number of aromatic nitrogens is 1. The molecule has 32 heavy (non-hydrogen) atoms. The van der Waals surface area contributed by atoms with Crippen LogP contribution in [0.5, 0.6) is 5.75 Å². The van der Waals surface area contributed by atoms with E-state index in [9.17, 15) is 19.4 Å². The third kappa shape index (κ3) is 2.86. The zero-order chi connectivity index (χ0) is 22.0. The number of halogens is 1. The van der Waals surface area contributed by atoms with Crippen LogP contribution < -0.4 is 5.56 Å². The molecule has 0 spiro atoms. The summed E-state index contributed by atoms with van der Waals surface area (Å²) in [6.07, 6.45) is 3.37. The summed E-state index contributed by atoms with van der Waals surface area (Å²) >= 11 is 0. The molecule has 6 heteroatoms. The van der Waals surface area contributed by atoms with Gasteiger partial charge >= 0.3 is 0 Å². The number of nitrogens with zero attached hydrogens (tertiary/aromatic N) is 1. The van der Waals surface area contributed by atoms with Crippen molar-refractivity contribution < 1.29 is 19.3 Å². The third-order valence-corrected chi connectivity index (χ3v) is 7.96. The van der Waals surface area contributed by atoms with Gasteiger partial charge in [-0.1, -0.05) is 12.1 Å². The molecule has 166 valence electrons. The number of rotatable bonds is 4. The molecule has 2 N–H and O–H groups in total. The number of ether oxygens (including phenoxy) is 1. The van der Waals surface area contributed by atoms with Crippen LogP contribution in [0.25, 0.3) is 21.9 Å². The zero-order valence-electron chi connectivity index (χ0n) is 17.8. The number of aliphatic hydroxyl groups excluding tert-OH is 1. The maximum atomic E-state index is 13.9. The Balaban J connectivity index is 1.66. The first-order chi connectivity index (χ1) is 15.5. The lowest BCUT2D eigenvalue weighted by molar-refractivity contribution is 0.0759. The molecule has 6 rings (SSSR count). The molecular weight excluding hydrogens is 409 g/mol. The number of aromatic hydroxyl groups is 1. The van der Waals surface area contributed by atoms with Gasteiger partial charge < -0.3 is 19.5 Å². The fourth-order valence-corrected chi connectivity index (χ4v) is 6.12. The Bertz CT molecular complexity index is 1260. The molecule has 3 fully saturated rings. The Labute approximate surface area is 185 Å². The zero-order valence-corrected chi connectivity index (χ0v) is 17.8. The van der Waals surface area contributed by atoms with Gasteiger partial charge in [-0.25, -0.2) is 4.39 Å². The normalized spacial score (nSPS) is 27.2. The molecule has 2 saturated carbocycles. The average molecular weight is 435 g/mol. The number of fused-ring (bicyclic) bond motifs is 2. The lowest BCUT2D eigenvalue weighted by Gasteiger charge is -2.39. The van der Waals surface area contributed by atoms with E-state index in [4.69, 9.17) is 4.74 Å². The SMILES string of the molecule is O=c1c2cc(O)ccc2c(-c2ccc(F)cc2)c(C2CCOCC2)n1[C@@H]1C[C@]2(CO)CC12. The van der Waals surface area contributed by atoms with Crippen LogP contribution in [0.15, 0.2) is 47.3 Å². The van der Waals surface area contributed by atoms with Gasteiger partial charge in [0.15, 0.2) is 0 Å². The largest absolute Gasteiger partial charge is 0.508 e. The van der Waals surface area contributed by atoms with Crippen molar-refractivity contribution in [1.29, 1.82) is 0 Å². The minimum Gasteiger partial charge on any atom is -0.508 e. The van der Waals surface area contributed by atoms with Gasteiger partial charge in [0.25, 0.3) is 5.56 Å². The van der Waals surface area contributed by atoms with Crippen molar-refractivity contribution in [3.63, 3.8) is 0 Å². The van der Waals surface area contributed by atoms with E-state index < -0.39 is 0 Å². The number of phenols is 1. The minimum atomic E-state index is -0.304. The van der Waals surface area contributed by atoms with E-state index in [-0.39, 0.29) is 41.1 Å².